The summed E-state index contributed by atoms with van der Waals surface area (Å²) in [6.45, 7) is 4.71. The summed E-state index contributed by atoms with van der Waals surface area (Å²) in [7, 11) is 1.41. The van der Waals surface area contributed by atoms with Gasteiger partial charge in [0.2, 0.25) is 0 Å². The molecule has 1 atom stereocenters. The van der Waals surface area contributed by atoms with E-state index in [0.717, 1.165) is 0 Å². The Hall–Kier alpha value is -1.61. The van der Waals surface area contributed by atoms with E-state index in [-0.39, 0.29) is 12.0 Å². The number of carbonyl (C=O) groups excluding carboxylic acids is 1. The van der Waals surface area contributed by atoms with E-state index in [2.05, 4.69) is 24.4 Å². The average molecular weight is 247 g/mol. The first kappa shape index (κ1) is 14.5. The standard InChI is InChI=1S/C15H21NO2/c1-4-13(15(17)18-3)10-11-16-12(2)14-8-6-5-7-9-14/h5-10,12,16H,4,11H2,1-3H3/b13-10-. The summed E-state index contributed by atoms with van der Waals surface area (Å²) < 4.78 is 4.71. The summed E-state index contributed by atoms with van der Waals surface area (Å²) in [6.07, 6.45) is 2.58. The number of rotatable bonds is 6. The zero-order valence-corrected chi connectivity index (χ0v) is 11.3. The van der Waals surface area contributed by atoms with Gasteiger partial charge in [-0.1, -0.05) is 43.3 Å². The second-order valence-corrected chi connectivity index (χ2v) is 4.12. The first-order valence-electron chi connectivity index (χ1n) is 6.24. The third-order valence-corrected chi connectivity index (χ3v) is 2.90. The number of benzene rings is 1. The Bertz CT molecular complexity index is 398. The van der Waals surface area contributed by atoms with Gasteiger partial charge >= 0.3 is 5.97 Å². The number of hydrogen-bond acceptors (Lipinski definition) is 3. The van der Waals surface area contributed by atoms with E-state index >= 15 is 0 Å². The molecule has 0 heterocycles. The van der Waals surface area contributed by atoms with Crippen molar-refractivity contribution in [1.82, 2.24) is 5.32 Å². The number of hydrogen-bond donors (Lipinski definition) is 1. The van der Waals surface area contributed by atoms with Crippen molar-refractivity contribution < 1.29 is 9.53 Å². The molecule has 3 nitrogen and oxygen atoms in total. The lowest BCUT2D eigenvalue weighted by molar-refractivity contribution is -0.136. The molecule has 1 unspecified atom stereocenters. The molecule has 0 spiro atoms. The first-order chi connectivity index (χ1) is 8.69. The molecule has 0 aliphatic carbocycles. The van der Waals surface area contributed by atoms with E-state index in [1.54, 1.807) is 0 Å². The van der Waals surface area contributed by atoms with Gasteiger partial charge in [-0.25, -0.2) is 4.79 Å². The second kappa shape index (κ2) is 7.67. The van der Waals surface area contributed by atoms with Crippen molar-refractivity contribution >= 4 is 5.97 Å². The van der Waals surface area contributed by atoms with Crippen molar-refractivity contribution in [2.24, 2.45) is 0 Å². The van der Waals surface area contributed by atoms with Crippen molar-refractivity contribution in [2.75, 3.05) is 13.7 Å². The Morgan fingerprint density at radius 3 is 2.61 bits per heavy atom. The second-order valence-electron chi connectivity index (χ2n) is 4.12. The maximum atomic E-state index is 11.4. The van der Waals surface area contributed by atoms with E-state index in [9.17, 15) is 4.79 Å². The number of ether oxygens (including phenoxy) is 1. The van der Waals surface area contributed by atoms with Gasteiger partial charge in [0.05, 0.1) is 7.11 Å². The molecule has 0 bridgehead atoms. The van der Waals surface area contributed by atoms with Gasteiger partial charge < -0.3 is 10.1 Å². The van der Waals surface area contributed by atoms with Crippen molar-refractivity contribution in [3.8, 4) is 0 Å². The van der Waals surface area contributed by atoms with Crippen LogP contribution >= 0.6 is 0 Å². The number of nitrogens with one attached hydrogen (secondary N) is 1. The summed E-state index contributed by atoms with van der Waals surface area (Å²) in [6, 6.07) is 10.5. The Morgan fingerprint density at radius 2 is 2.06 bits per heavy atom. The molecule has 1 N–H and O–H groups in total. The van der Waals surface area contributed by atoms with Crippen LogP contribution in [0.3, 0.4) is 0 Å². The van der Waals surface area contributed by atoms with E-state index < -0.39 is 0 Å². The quantitative estimate of drug-likeness (QED) is 0.620. The van der Waals surface area contributed by atoms with Crippen LogP contribution in [0.25, 0.3) is 0 Å². The van der Waals surface area contributed by atoms with Crippen molar-refractivity contribution in [3.05, 3.63) is 47.5 Å². The van der Waals surface area contributed by atoms with E-state index in [1.165, 1.54) is 12.7 Å². The SMILES string of the molecule is CC/C(=C/CNC(C)c1ccccc1)C(=O)OC. The third-order valence-electron chi connectivity index (χ3n) is 2.90. The highest BCUT2D eigenvalue weighted by Gasteiger charge is 2.07. The average Bonchev–Trinajstić information content (AvgIpc) is 2.43. The smallest absolute Gasteiger partial charge is 0.333 e. The van der Waals surface area contributed by atoms with Crippen LogP contribution in [0.1, 0.15) is 31.9 Å². The molecular weight excluding hydrogens is 226 g/mol. The fourth-order valence-electron chi connectivity index (χ4n) is 1.72. The Labute approximate surface area is 109 Å². The molecular formula is C15H21NO2. The zero-order chi connectivity index (χ0) is 13.4. The molecule has 18 heavy (non-hydrogen) atoms. The van der Waals surface area contributed by atoms with Crippen LogP contribution in [-0.4, -0.2) is 19.6 Å². The molecule has 0 saturated heterocycles. The molecule has 0 radical (unpaired) electrons. The van der Waals surface area contributed by atoms with Crippen molar-refractivity contribution in [1.29, 1.82) is 0 Å². The highest BCUT2D eigenvalue weighted by atomic mass is 16.5. The van der Waals surface area contributed by atoms with Crippen molar-refractivity contribution in [3.63, 3.8) is 0 Å². The Balaban J connectivity index is 2.50. The lowest BCUT2D eigenvalue weighted by Crippen LogP contribution is -2.19. The first-order valence-corrected chi connectivity index (χ1v) is 6.24. The fraction of sp³-hybridized carbons (Fsp3) is 0.400. The van der Waals surface area contributed by atoms with Gasteiger partial charge in [0.25, 0.3) is 0 Å². The summed E-state index contributed by atoms with van der Waals surface area (Å²) >= 11 is 0. The van der Waals surface area contributed by atoms with Gasteiger partial charge in [-0.15, -0.1) is 0 Å². The molecule has 0 aromatic heterocycles. The van der Waals surface area contributed by atoms with Crippen LogP contribution < -0.4 is 5.32 Å². The van der Waals surface area contributed by atoms with Gasteiger partial charge in [-0.05, 0) is 18.9 Å². The fourth-order valence-corrected chi connectivity index (χ4v) is 1.72. The highest BCUT2D eigenvalue weighted by Crippen LogP contribution is 2.11. The molecule has 0 aliphatic heterocycles. The van der Waals surface area contributed by atoms with E-state index in [1.807, 2.05) is 31.2 Å². The number of methoxy groups -OCH3 is 1. The zero-order valence-electron chi connectivity index (χ0n) is 11.3. The lowest BCUT2D eigenvalue weighted by Gasteiger charge is -2.13. The van der Waals surface area contributed by atoms with Gasteiger partial charge in [0.1, 0.15) is 0 Å². The molecule has 1 aromatic carbocycles. The minimum absolute atomic E-state index is 0.244. The molecule has 0 fully saturated rings. The molecule has 1 rings (SSSR count). The molecule has 0 aliphatic rings. The summed E-state index contributed by atoms with van der Waals surface area (Å²) in [5.74, 6) is -0.244. The van der Waals surface area contributed by atoms with E-state index in [4.69, 9.17) is 4.74 Å². The normalized spacial score (nSPS) is 13.2. The molecule has 0 amide bonds. The monoisotopic (exact) mass is 247 g/mol. The van der Waals surface area contributed by atoms with Crippen LogP contribution in [0, 0.1) is 0 Å². The molecule has 98 valence electrons. The van der Waals surface area contributed by atoms with Crippen LogP contribution in [0.15, 0.2) is 42.0 Å². The predicted octanol–water partition coefficient (Wildman–Crippen LogP) is 2.85. The topological polar surface area (TPSA) is 38.3 Å². The highest BCUT2D eigenvalue weighted by molar-refractivity contribution is 5.88. The number of carbonyl (C=O) groups is 1. The minimum atomic E-state index is -0.244. The molecule has 1 aromatic rings. The van der Waals surface area contributed by atoms with Gasteiger partial charge in [-0.2, -0.15) is 0 Å². The summed E-state index contributed by atoms with van der Waals surface area (Å²) in [5.41, 5.74) is 1.95. The van der Waals surface area contributed by atoms with E-state index in [0.29, 0.717) is 18.5 Å². The molecule has 3 heteroatoms. The van der Waals surface area contributed by atoms with Crippen molar-refractivity contribution in [2.45, 2.75) is 26.3 Å². The van der Waals surface area contributed by atoms with Gasteiger partial charge in [0.15, 0.2) is 0 Å². The maximum absolute atomic E-state index is 11.4. The Morgan fingerprint density at radius 1 is 1.39 bits per heavy atom. The maximum Gasteiger partial charge on any atom is 0.333 e. The molecule has 0 saturated carbocycles. The summed E-state index contributed by atoms with van der Waals surface area (Å²) in [5, 5.41) is 3.36. The van der Waals surface area contributed by atoms with Crippen LogP contribution in [0.2, 0.25) is 0 Å². The predicted molar refractivity (Wildman–Crippen MR) is 73.2 cm³/mol. The van der Waals surface area contributed by atoms with Crippen LogP contribution in [-0.2, 0) is 9.53 Å². The number of esters is 1. The van der Waals surface area contributed by atoms with Crippen LogP contribution in [0.5, 0.6) is 0 Å². The van der Waals surface area contributed by atoms with Gasteiger partial charge in [-0.3, -0.25) is 0 Å². The minimum Gasteiger partial charge on any atom is -0.466 e. The third kappa shape index (κ3) is 4.34. The largest absolute Gasteiger partial charge is 0.466 e. The summed E-state index contributed by atoms with van der Waals surface area (Å²) in [4.78, 5) is 11.4. The lowest BCUT2D eigenvalue weighted by atomic mass is 10.1. The van der Waals surface area contributed by atoms with Crippen LogP contribution in [0.4, 0.5) is 0 Å². The van der Waals surface area contributed by atoms with Gasteiger partial charge in [0, 0.05) is 18.2 Å². The Kier molecular flexibility index (Phi) is 6.15.